The van der Waals surface area contributed by atoms with Crippen LogP contribution in [0.1, 0.15) is 37.8 Å². The van der Waals surface area contributed by atoms with Crippen LogP contribution in [-0.4, -0.2) is 35.1 Å². The lowest BCUT2D eigenvalue weighted by Gasteiger charge is -2.32. The van der Waals surface area contributed by atoms with Gasteiger partial charge >= 0.3 is 0 Å². The minimum absolute atomic E-state index is 0.0436. The van der Waals surface area contributed by atoms with Gasteiger partial charge in [0, 0.05) is 18.5 Å². The van der Waals surface area contributed by atoms with Crippen LogP contribution in [0.4, 0.5) is 0 Å². The molecule has 1 amide bonds. The van der Waals surface area contributed by atoms with E-state index in [0.717, 1.165) is 25.7 Å². The van der Waals surface area contributed by atoms with Gasteiger partial charge in [0.25, 0.3) is 0 Å². The summed E-state index contributed by atoms with van der Waals surface area (Å²) in [4.78, 5) is 14.7. The van der Waals surface area contributed by atoms with E-state index < -0.39 is 0 Å². The minimum Gasteiger partial charge on any atom is -0.395 e. The van der Waals surface area contributed by atoms with Crippen LogP contribution in [0.25, 0.3) is 0 Å². The lowest BCUT2D eigenvalue weighted by molar-refractivity contribution is -0.138. The van der Waals surface area contributed by atoms with Crippen molar-refractivity contribution >= 4 is 5.91 Å². The molecule has 1 aliphatic carbocycles. The second-order valence-electron chi connectivity index (χ2n) is 5.60. The first kappa shape index (κ1) is 15.0. The first-order chi connectivity index (χ1) is 9.71. The molecule has 0 unspecified atom stereocenters. The molecule has 1 aromatic rings. The number of hydrogen-bond donors (Lipinski definition) is 1. The molecule has 2 rings (SSSR count). The summed E-state index contributed by atoms with van der Waals surface area (Å²) in [7, 11) is 0. The molecule has 0 saturated carbocycles. The Hall–Kier alpha value is -1.35. The monoisotopic (exact) mass is 275 g/mol. The molecule has 0 spiro atoms. The van der Waals surface area contributed by atoms with Crippen LogP contribution in [0.2, 0.25) is 0 Å². The Morgan fingerprint density at radius 3 is 2.25 bits per heavy atom. The Bertz CT molecular complexity index is 429. The van der Waals surface area contributed by atoms with Crippen LogP contribution >= 0.6 is 0 Å². The molecular weight excluding hydrogens is 250 g/mol. The van der Waals surface area contributed by atoms with Gasteiger partial charge in [-0.2, -0.15) is 0 Å². The van der Waals surface area contributed by atoms with Gasteiger partial charge in [-0.3, -0.25) is 4.79 Å². The Balaban J connectivity index is 2.10. The van der Waals surface area contributed by atoms with Gasteiger partial charge in [0.05, 0.1) is 6.61 Å². The number of fused-ring (bicyclic) bond motifs is 1. The standard InChI is InChI=1S/C17H25NO2/c1-3-16(4-2)18(9-10-19)17(20)15-11-13-7-5-6-8-14(13)12-15/h5-8,15-16,19H,3-4,9-12H2,1-2H3. The van der Waals surface area contributed by atoms with Crippen LogP contribution in [0, 0.1) is 5.92 Å². The number of aliphatic hydroxyl groups excluding tert-OH is 1. The largest absolute Gasteiger partial charge is 0.395 e. The van der Waals surface area contributed by atoms with Gasteiger partial charge in [0.1, 0.15) is 0 Å². The summed E-state index contributed by atoms with van der Waals surface area (Å²) in [6.07, 6.45) is 3.58. The number of hydrogen-bond acceptors (Lipinski definition) is 2. The summed E-state index contributed by atoms with van der Waals surface area (Å²) in [5, 5.41) is 9.25. The summed E-state index contributed by atoms with van der Waals surface area (Å²) >= 11 is 0. The Kier molecular flexibility index (Phi) is 5.18. The smallest absolute Gasteiger partial charge is 0.226 e. The van der Waals surface area contributed by atoms with E-state index >= 15 is 0 Å². The van der Waals surface area contributed by atoms with Gasteiger partial charge in [0.15, 0.2) is 0 Å². The van der Waals surface area contributed by atoms with E-state index in [-0.39, 0.29) is 24.5 Å². The maximum absolute atomic E-state index is 12.8. The van der Waals surface area contributed by atoms with E-state index in [9.17, 15) is 9.90 Å². The fourth-order valence-electron chi connectivity index (χ4n) is 3.28. The highest BCUT2D eigenvalue weighted by Crippen LogP contribution is 2.28. The molecule has 0 fully saturated rings. The molecule has 110 valence electrons. The number of rotatable bonds is 6. The van der Waals surface area contributed by atoms with E-state index in [1.54, 1.807) is 0 Å². The Morgan fingerprint density at radius 1 is 1.25 bits per heavy atom. The van der Waals surface area contributed by atoms with Crippen molar-refractivity contribution in [3.05, 3.63) is 35.4 Å². The molecule has 3 nitrogen and oxygen atoms in total. The molecule has 0 heterocycles. The molecule has 0 aliphatic heterocycles. The Morgan fingerprint density at radius 2 is 1.80 bits per heavy atom. The van der Waals surface area contributed by atoms with Crippen LogP contribution in [0.5, 0.6) is 0 Å². The minimum atomic E-state index is 0.0436. The third-order valence-corrected chi connectivity index (χ3v) is 4.41. The van der Waals surface area contributed by atoms with Crippen molar-refractivity contribution in [2.24, 2.45) is 5.92 Å². The molecule has 0 saturated heterocycles. The van der Waals surface area contributed by atoms with Crippen molar-refractivity contribution in [2.45, 2.75) is 45.6 Å². The lowest BCUT2D eigenvalue weighted by Crippen LogP contribution is -2.45. The van der Waals surface area contributed by atoms with Crippen molar-refractivity contribution in [3.63, 3.8) is 0 Å². The fraction of sp³-hybridized carbons (Fsp3) is 0.588. The molecule has 0 bridgehead atoms. The van der Waals surface area contributed by atoms with Gasteiger partial charge in [-0.25, -0.2) is 0 Å². The van der Waals surface area contributed by atoms with Crippen molar-refractivity contribution in [3.8, 4) is 0 Å². The second-order valence-corrected chi connectivity index (χ2v) is 5.60. The van der Waals surface area contributed by atoms with Crippen LogP contribution in [0.15, 0.2) is 24.3 Å². The normalized spacial score (nSPS) is 14.6. The predicted octanol–water partition coefficient (Wildman–Crippen LogP) is 2.41. The molecule has 3 heteroatoms. The average molecular weight is 275 g/mol. The highest BCUT2D eigenvalue weighted by atomic mass is 16.3. The maximum Gasteiger partial charge on any atom is 0.226 e. The van der Waals surface area contributed by atoms with Gasteiger partial charge in [0.2, 0.25) is 5.91 Å². The highest BCUT2D eigenvalue weighted by Gasteiger charge is 2.32. The van der Waals surface area contributed by atoms with Gasteiger partial charge in [-0.05, 0) is 36.8 Å². The van der Waals surface area contributed by atoms with E-state index in [0.29, 0.717) is 6.54 Å². The number of nitrogens with zero attached hydrogens (tertiary/aromatic N) is 1. The first-order valence-electron chi connectivity index (χ1n) is 7.69. The average Bonchev–Trinajstić information content (AvgIpc) is 2.90. The summed E-state index contributed by atoms with van der Waals surface area (Å²) < 4.78 is 0. The molecule has 0 atom stereocenters. The molecule has 1 aromatic carbocycles. The van der Waals surface area contributed by atoms with Crippen molar-refractivity contribution in [1.29, 1.82) is 0 Å². The zero-order valence-electron chi connectivity index (χ0n) is 12.5. The van der Waals surface area contributed by atoms with E-state index in [1.165, 1.54) is 11.1 Å². The predicted molar refractivity (Wildman–Crippen MR) is 80.5 cm³/mol. The fourth-order valence-corrected chi connectivity index (χ4v) is 3.28. The van der Waals surface area contributed by atoms with Gasteiger partial charge in [-0.1, -0.05) is 38.1 Å². The third kappa shape index (κ3) is 3.04. The molecule has 0 radical (unpaired) electrons. The molecule has 1 N–H and O–H groups in total. The van der Waals surface area contributed by atoms with Gasteiger partial charge < -0.3 is 10.0 Å². The van der Waals surface area contributed by atoms with Crippen molar-refractivity contribution < 1.29 is 9.90 Å². The number of benzene rings is 1. The summed E-state index contributed by atoms with van der Waals surface area (Å²) in [5.41, 5.74) is 2.61. The molecule has 20 heavy (non-hydrogen) atoms. The molecule has 0 aromatic heterocycles. The van der Waals surface area contributed by atoms with Gasteiger partial charge in [-0.15, -0.1) is 0 Å². The van der Waals surface area contributed by atoms with Crippen LogP contribution in [-0.2, 0) is 17.6 Å². The van der Waals surface area contributed by atoms with E-state index in [2.05, 4.69) is 26.0 Å². The third-order valence-electron chi connectivity index (χ3n) is 4.41. The van der Waals surface area contributed by atoms with Crippen molar-refractivity contribution in [2.75, 3.05) is 13.2 Å². The molecule has 1 aliphatic rings. The SMILES string of the molecule is CCC(CC)N(CCO)C(=O)C1Cc2ccccc2C1. The summed E-state index contributed by atoms with van der Waals surface area (Å²) in [6.45, 7) is 4.71. The summed E-state index contributed by atoms with van der Waals surface area (Å²) in [5.74, 6) is 0.267. The van der Waals surface area contributed by atoms with Crippen LogP contribution < -0.4 is 0 Å². The highest BCUT2D eigenvalue weighted by molar-refractivity contribution is 5.80. The second kappa shape index (κ2) is 6.89. The first-order valence-corrected chi connectivity index (χ1v) is 7.69. The topological polar surface area (TPSA) is 40.5 Å². The number of carbonyl (C=O) groups is 1. The van der Waals surface area contributed by atoms with E-state index in [1.807, 2.05) is 17.0 Å². The molecular formula is C17H25NO2. The number of amides is 1. The van der Waals surface area contributed by atoms with E-state index in [4.69, 9.17) is 0 Å². The maximum atomic E-state index is 12.8. The zero-order chi connectivity index (χ0) is 14.5. The number of aliphatic hydroxyl groups is 1. The zero-order valence-corrected chi connectivity index (χ0v) is 12.5. The number of carbonyl (C=O) groups excluding carboxylic acids is 1. The summed E-state index contributed by atoms with van der Waals surface area (Å²) in [6, 6.07) is 8.57. The van der Waals surface area contributed by atoms with Crippen molar-refractivity contribution in [1.82, 2.24) is 4.90 Å². The van der Waals surface area contributed by atoms with Crippen LogP contribution in [0.3, 0.4) is 0 Å². The Labute approximate surface area is 121 Å². The lowest BCUT2D eigenvalue weighted by atomic mass is 10.0. The quantitative estimate of drug-likeness (QED) is 0.866.